The predicted molar refractivity (Wildman–Crippen MR) is 161 cm³/mol. The summed E-state index contributed by atoms with van der Waals surface area (Å²) in [7, 11) is 0. The maximum absolute atomic E-state index is 13.3. The number of carbonyl (C=O) groups is 3. The number of anilines is 2. The monoisotopic (exact) mass is 546 g/mol. The normalized spacial score (nSPS) is 11.2. The zero-order valence-electron chi connectivity index (χ0n) is 21.4. The molecule has 0 unspecified atom stereocenters. The van der Waals surface area contributed by atoms with Crippen molar-refractivity contribution in [3.63, 3.8) is 0 Å². The first-order valence-electron chi connectivity index (χ1n) is 12.6. The Hall–Kier alpha value is -5.08. The van der Waals surface area contributed by atoms with Crippen LogP contribution in [0.15, 0.2) is 126 Å². The molecule has 0 radical (unpaired) electrons. The molecular formula is C32H26N4O3S. The highest BCUT2D eigenvalue weighted by molar-refractivity contribution is 8.00. The van der Waals surface area contributed by atoms with Gasteiger partial charge >= 0.3 is 0 Å². The standard InChI is InChI=1S/C32H26N4O3S/c37-30(34-26-15-14-23-16-17-33-28(23)20-26)21-40-27-13-7-12-25(19-27)35-32(39)29(18-22-8-3-1-4-9-22)36-31(38)24-10-5-2-6-11-24/h1-20,33H,21H2,(H,34,37)(H,35,39)(H,36,38)/b29-18-. The van der Waals surface area contributed by atoms with Crippen LogP contribution in [0.5, 0.6) is 0 Å². The molecule has 1 heterocycles. The minimum atomic E-state index is -0.465. The third-order valence-corrected chi connectivity index (χ3v) is 6.93. The highest BCUT2D eigenvalue weighted by Crippen LogP contribution is 2.23. The number of hydrogen-bond donors (Lipinski definition) is 4. The van der Waals surface area contributed by atoms with Crippen molar-refractivity contribution in [2.75, 3.05) is 16.4 Å². The minimum Gasteiger partial charge on any atom is -0.361 e. The van der Waals surface area contributed by atoms with Gasteiger partial charge in [0.05, 0.1) is 5.75 Å². The molecule has 0 saturated heterocycles. The quantitative estimate of drug-likeness (QED) is 0.129. The van der Waals surface area contributed by atoms with E-state index in [1.54, 1.807) is 48.5 Å². The fraction of sp³-hybridized carbons (Fsp3) is 0.0312. The van der Waals surface area contributed by atoms with Crippen LogP contribution in [0.25, 0.3) is 17.0 Å². The number of thioether (sulfide) groups is 1. The number of fused-ring (bicyclic) bond motifs is 1. The van der Waals surface area contributed by atoms with Crippen molar-refractivity contribution in [1.29, 1.82) is 0 Å². The number of hydrogen-bond acceptors (Lipinski definition) is 4. The Labute approximate surface area is 235 Å². The Balaban J connectivity index is 1.24. The topological polar surface area (TPSA) is 103 Å². The number of aromatic amines is 1. The van der Waals surface area contributed by atoms with Crippen LogP contribution in [0.1, 0.15) is 15.9 Å². The van der Waals surface area contributed by atoms with Crippen molar-refractivity contribution in [1.82, 2.24) is 10.3 Å². The van der Waals surface area contributed by atoms with Crippen molar-refractivity contribution in [2.24, 2.45) is 0 Å². The Bertz CT molecular complexity index is 1680. The van der Waals surface area contributed by atoms with Gasteiger partial charge in [0.25, 0.3) is 11.8 Å². The number of H-pyrrole nitrogens is 1. The molecule has 5 aromatic rings. The molecule has 0 aliphatic carbocycles. The average Bonchev–Trinajstić information content (AvgIpc) is 3.45. The molecule has 198 valence electrons. The van der Waals surface area contributed by atoms with E-state index in [1.165, 1.54) is 11.8 Å². The minimum absolute atomic E-state index is 0.108. The lowest BCUT2D eigenvalue weighted by atomic mass is 10.1. The van der Waals surface area contributed by atoms with Crippen LogP contribution in [0.2, 0.25) is 0 Å². The molecule has 1 aromatic heterocycles. The van der Waals surface area contributed by atoms with E-state index in [9.17, 15) is 14.4 Å². The van der Waals surface area contributed by atoms with Gasteiger partial charge in [-0.1, -0.05) is 60.7 Å². The first-order chi connectivity index (χ1) is 19.5. The first-order valence-corrected chi connectivity index (χ1v) is 13.6. The fourth-order valence-electron chi connectivity index (χ4n) is 3.99. The maximum atomic E-state index is 13.3. The van der Waals surface area contributed by atoms with Gasteiger partial charge in [0, 0.05) is 33.5 Å². The Morgan fingerprint density at radius 1 is 0.750 bits per heavy atom. The van der Waals surface area contributed by atoms with E-state index in [2.05, 4.69) is 20.9 Å². The van der Waals surface area contributed by atoms with Gasteiger partial charge in [-0.25, -0.2) is 0 Å². The maximum Gasteiger partial charge on any atom is 0.272 e. The second kappa shape index (κ2) is 12.6. The van der Waals surface area contributed by atoms with Crippen molar-refractivity contribution >= 4 is 57.8 Å². The molecule has 0 aliphatic heterocycles. The summed E-state index contributed by atoms with van der Waals surface area (Å²) in [5.41, 5.74) is 3.54. The van der Waals surface area contributed by atoms with Crippen molar-refractivity contribution in [2.45, 2.75) is 4.90 Å². The lowest BCUT2D eigenvalue weighted by Crippen LogP contribution is -2.30. The molecule has 0 spiro atoms. The number of benzene rings is 4. The van der Waals surface area contributed by atoms with E-state index in [-0.39, 0.29) is 23.3 Å². The van der Waals surface area contributed by atoms with Crippen LogP contribution >= 0.6 is 11.8 Å². The van der Waals surface area contributed by atoms with E-state index < -0.39 is 5.91 Å². The summed E-state index contributed by atoms with van der Waals surface area (Å²) in [6.45, 7) is 0. The molecule has 0 fully saturated rings. The third kappa shape index (κ3) is 7.06. The molecule has 40 heavy (non-hydrogen) atoms. The van der Waals surface area contributed by atoms with Gasteiger partial charge < -0.3 is 20.9 Å². The van der Waals surface area contributed by atoms with E-state index in [0.29, 0.717) is 11.3 Å². The van der Waals surface area contributed by atoms with Gasteiger partial charge in [0.15, 0.2) is 0 Å². The molecule has 3 amide bonds. The summed E-state index contributed by atoms with van der Waals surface area (Å²) >= 11 is 1.36. The number of carbonyl (C=O) groups excluding carboxylic acids is 3. The van der Waals surface area contributed by atoms with Gasteiger partial charge in [-0.2, -0.15) is 0 Å². The van der Waals surface area contributed by atoms with Gasteiger partial charge in [0.1, 0.15) is 5.70 Å². The summed E-state index contributed by atoms with van der Waals surface area (Å²) in [5, 5.41) is 9.59. The van der Waals surface area contributed by atoms with Gasteiger partial charge in [-0.3, -0.25) is 14.4 Å². The fourth-order valence-corrected chi connectivity index (χ4v) is 4.75. The lowest BCUT2D eigenvalue weighted by molar-refractivity contribution is -0.114. The van der Waals surface area contributed by atoms with Crippen LogP contribution in [-0.4, -0.2) is 28.5 Å². The summed E-state index contributed by atoms with van der Waals surface area (Å²) < 4.78 is 0. The number of aromatic nitrogens is 1. The zero-order chi connectivity index (χ0) is 27.7. The van der Waals surface area contributed by atoms with Crippen LogP contribution in [0, 0.1) is 0 Å². The van der Waals surface area contributed by atoms with Gasteiger partial charge in [0.2, 0.25) is 5.91 Å². The van der Waals surface area contributed by atoms with Crippen LogP contribution < -0.4 is 16.0 Å². The van der Waals surface area contributed by atoms with E-state index in [4.69, 9.17) is 0 Å². The molecule has 8 heteroatoms. The Morgan fingerprint density at radius 2 is 1.50 bits per heavy atom. The molecule has 4 aromatic carbocycles. The third-order valence-electron chi connectivity index (χ3n) is 5.94. The molecule has 0 atom stereocenters. The SMILES string of the molecule is O=C(CSc1cccc(NC(=O)/C(=C/c2ccccc2)NC(=O)c2ccccc2)c1)Nc1ccc2cc[nH]c2c1. The largest absolute Gasteiger partial charge is 0.361 e. The van der Waals surface area contributed by atoms with E-state index in [1.807, 2.05) is 72.9 Å². The van der Waals surface area contributed by atoms with Crippen LogP contribution in [-0.2, 0) is 9.59 Å². The highest BCUT2D eigenvalue weighted by atomic mass is 32.2. The molecule has 0 saturated carbocycles. The Kier molecular flexibility index (Phi) is 8.38. The summed E-state index contributed by atoms with van der Waals surface area (Å²) in [5.74, 6) is -0.787. The summed E-state index contributed by atoms with van der Waals surface area (Å²) in [6.07, 6.45) is 3.49. The summed E-state index contributed by atoms with van der Waals surface area (Å²) in [6, 6.07) is 32.9. The second-order valence-corrected chi connectivity index (χ2v) is 9.94. The first kappa shape index (κ1) is 26.5. The van der Waals surface area contributed by atoms with E-state index >= 15 is 0 Å². The number of nitrogens with one attached hydrogen (secondary N) is 4. The van der Waals surface area contributed by atoms with Gasteiger partial charge in [-0.15, -0.1) is 11.8 Å². The van der Waals surface area contributed by atoms with Crippen LogP contribution in [0.4, 0.5) is 11.4 Å². The van der Waals surface area contributed by atoms with E-state index in [0.717, 1.165) is 27.0 Å². The van der Waals surface area contributed by atoms with Crippen molar-refractivity contribution < 1.29 is 14.4 Å². The second-order valence-electron chi connectivity index (χ2n) is 8.89. The molecular weight excluding hydrogens is 520 g/mol. The number of amides is 3. The van der Waals surface area contributed by atoms with Gasteiger partial charge in [-0.05, 0) is 65.6 Å². The smallest absolute Gasteiger partial charge is 0.272 e. The highest BCUT2D eigenvalue weighted by Gasteiger charge is 2.15. The van der Waals surface area contributed by atoms with Crippen molar-refractivity contribution in [3.05, 3.63) is 132 Å². The molecule has 0 aliphatic rings. The van der Waals surface area contributed by atoms with Crippen LogP contribution in [0.3, 0.4) is 0 Å². The predicted octanol–water partition coefficient (Wildman–Crippen LogP) is 6.31. The van der Waals surface area contributed by atoms with Crippen molar-refractivity contribution in [3.8, 4) is 0 Å². The average molecular weight is 547 g/mol. The molecule has 5 rings (SSSR count). The lowest BCUT2D eigenvalue weighted by Gasteiger charge is -2.12. The Morgan fingerprint density at radius 3 is 2.30 bits per heavy atom. The number of rotatable bonds is 9. The molecule has 7 nitrogen and oxygen atoms in total. The summed E-state index contributed by atoms with van der Waals surface area (Å²) in [4.78, 5) is 42.6. The molecule has 0 bridgehead atoms. The zero-order valence-corrected chi connectivity index (χ0v) is 22.2. The molecule has 4 N–H and O–H groups in total.